The number of nitrogens with one attached hydrogen (secondary N) is 1. The Morgan fingerprint density at radius 3 is 1.35 bits per heavy atom. The third-order valence-corrected chi connectivity index (χ3v) is 12.7. The van der Waals surface area contributed by atoms with Crippen molar-refractivity contribution in [3.05, 3.63) is 109 Å². The Labute approximate surface area is 436 Å². The van der Waals surface area contributed by atoms with Crippen LogP contribution in [0, 0.1) is 0 Å². The Hall–Kier alpha value is -3.33. The lowest BCUT2D eigenvalue weighted by Gasteiger charge is -2.30. The molecule has 0 bridgehead atoms. The van der Waals surface area contributed by atoms with Gasteiger partial charge < -0.3 is 28.5 Å². The summed E-state index contributed by atoms with van der Waals surface area (Å²) in [4.78, 5) is 39.7. The van der Waals surface area contributed by atoms with Crippen LogP contribution in [0.2, 0.25) is 0 Å². The summed E-state index contributed by atoms with van der Waals surface area (Å²) in [5.74, 6) is -0.726. The van der Waals surface area contributed by atoms with E-state index in [1.807, 2.05) is 45.4 Å². The summed E-state index contributed by atoms with van der Waals surface area (Å²) in [5, 5.41) is 2.95. The molecule has 3 atom stereocenters. The normalized spacial score (nSPS) is 14.6. The number of hydrogen-bond acceptors (Lipinski definition) is 7. The molecule has 71 heavy (non-hydrogen) atoms. The van der Waals surface area contributed by atoms with E-state index in [-0.39, 0.29) is 25.4 Å². The third-order valence-electron chi connectivity index (χ3n) is 11.7. The molecule has 0 aliphatic carbocycles. The first-order valence-electron chi connectivity index (χ1n) is 28.2. The molecule has 1 N–H and O–H groups in total. The molecule has 10 heteroatoms. The van der Waals surface area contributed by atoms with Gasteiger partial charge in [-0.05, 0) is 89.5 Å². The van der Waals surface area contributed by atoms with Gasteiger partial charge in [0.25, 0.3) is 7.82 Å². The van der Waals surface area contributed by atoms with E-state index >= 15 is 0 Å². The predicted octanol–water partition coefficient (Wildman–Crippen LogP) is 16.4. The van der Waals surface area contributed by atoms with Crippen LogP contribution < -0.4 is 10.2 Å². The van der Waals surface area contributed by atoms with Gasteiger partial charge >= 0.3 is 5.97 Å². The summed E-state index contributed by atoms with van der Waals surface area (Å²) in [6.07, 6.45) is 68.0. The van der Waals surface area contributed by atoms with Crippen molar-refractivity contribution >= 4 is 19.7 Å². The van der Waals surface area contributed by atoms with E-state index in [9.17, 15) is 19.0 Å². The highest BCUT2D eigenvalue weighted by Crippen LogP contribution is 2.38. The molecule has 0 saturated carbocycles. The number of phosphoric ester groups is 1. The number of unbranched alkanes of at least 4 members (excludes halogenated alkanes) is 17. The lowest BCUT2D eigenvalue weighted by molar-refractivity contribution is -0.870. The Morgan fingerprint density at radius 1 is 0.507 bits per heavy atom. The summed E-state index contributed by atoms with van der Waals surface area (Å²) < 4.78 is 30.1. The molecule has 0 saturated heterocycles. The van der Waals surface area contributed by atoms with Gasteiger partial charge in [0.1, 0.15) is 19.3 Å². The molecule has 0 rings (SSSR count). The minimum Gasteiger partial charge on any atom is -0.756 e. The summed E-state index contributed by atoms with van der Waals surface area (Å²) in [7, 11) is 1.10. The first-order chi connectivity index (χ1) is 34.4. The van der Waals surface area contributed by atoms with Crippen LogP contribution >= 0.6 is 7.82 Å². The second-order valence-electron chi connectivity index (χ2n) is 19.7. The number of carbonyl (C=O) groups is 2. The number of likely N-dealkylation sites (N-methyl/N-ethyl adjacent to an activating group) is 1. The van der Waals surface area contributed by atoms with Crippen molar-refractivity contribution in [1.29, 1.82) is 0 Å². The molecular weight excluding hydrogens is 904 g/mol. The molecule has 0 aromatic rings. The van der Waals surface area contributed by atoms with Crippen molar-refractivity contribution < 1.29 is 37.3 Å². The fourth-order valence-electron chi connectivity index (χ4n) is 7.36. The lowest BCUT2D eigenvalue weighted by Crippen LogP contribution is -2.47. The van der Waals surface area contributed by atoms with Crippen molar-refractivity contribution in [2.75, 3.05) is 40.9 Å². The van der Waals surface area contributed by atoms with Crippen LogP contribution in [0.5, 0.6) is 0 Å². The van der Waals surface area contributed by atoms with Crippen LogP contribution in [0.4, 0.5) is 0 Å². The number of allylic oxidation sites excluding steroid dienone is 17. The van der Waals surface area contributed by atoms with Crippen molar-refractivity contribution in [2.45, 2.75) is 226 Å². The van der Waals surface area contributed by atoms with Crippen molar-refractivity contribution in [3.63, 3.8) is 0 Å². The Kier molecular flexibility index (Phi) is 47.9. The molecule has 0 aliphatic heterocycles. The second kappa shape index (κ2) is 50.2. The minimum atomic E-state index is -4.73. The number of quaternary nitrogens is 1. The smallest absolute Gasteiger partial charge is 0.306 e. The highest BCUT2D eigenvalue weighted by molar-refractivity contribution is 7.45. The highest BCUT2D eigenvalue weighted by Gasteiger charge is 2.27. The van der Waals surface area contributed by atoms with Crippen molar-refractivity contribution in [2.24, 2.45) is 0 Å². The van der Waals surface area contributed by atoms with Gasteiger partial charge in [-0.25, -0.2) is 0 Å². The number of ether oxygens (including phenoxy) is 1. The van der Waals surface area contributed by atoms with Gasteiger partial charge in [0, 0.05) is 12.8 Å². The predicted molar refractivity (Wildman–Crippen MR) is 302 cm³/mol. The molecule has 0 fully saturated rings. The summed E-state index contributed by atoms with van der Waals surface area (Å²) in [5.41, 5.74) is 0. The van der Waals surface area contributed by atoms with E-state index in [2.05, 4.69) is 105 Å². The highest BCUT2D eigenvalue weighted by atomic mass is 31.2. The summed E-state index contributed by atoms with van der Waals surface area (Å²) >= 11 is 0. The largest absolute Gasteiger partial charge is 0.756 e. The Bertz CT molecular complexity index is 1580. The molecule has 9 nitrogen and oxygen atoms in total. The fourth-order valence-corrected chi connectivity index (χ4v) is 8.08. The van der Waals surface area contributed by atoms with E-state index in [1.54, 1.807) is 6.08 Å². The van der Waals surface area contributed by atoms with Gasteiger partial charge in [0.2, 0.25) is 5.91 Å². The van der Waals surface area contributed by atoms with Crippen LogP contribution in [-0.4, -0.2) is 69.4 Å². The van der Waals surface area contributed by atoms with E-state index in [1.165, 1.54) is 96.3 Å². The van der Waals surface area contributed by atoms with Crippen LogP contribution in [0.25, 0.3) is 0 Å². The number of rotatable bonds is 49. The molecule has 1 amide bonds. The van der Waals surface area contributed by atoms with Gasteiger partial charge in [-0.2, -0.15) is 0 Å². The van der Waals surface area contributed by atoms with Gasteiger partial charge in [0.05, 0.1) is 33.8 Å². The average molecular weight is 1010 g/mol. The lowest BCUT2D eigenvalue weighted by atomic mass is 10.0. The molecular formula is C61H105N2O7P. The number of phosphoric acid groups is 1. The van der Waals surface area contributed by atoms with Crippen LogP contribution in [-0.2, 0) is 27.9 Å². The number of carbonyl (C=O) groups excluding carboxylic acids is 2. The molecule has 3 unspecified atom stereocenters. The van der Waals surface area contributed by atoms with Crippen LogP contribution in [0.1, 0.15) is 213 Å². The Morgan fingerprint density at radius 2 is 0.901 bits per heavy atom. The monoisotopic (exact) mass is 1010 g/mol. The summed E-state index contributed by atoms with van der Waals surface area (Å²) in [6, 6.07) is -0.955. The molecule has 0 heterocycles. The summed E-state index contributed by atoms with van der Waals surface area (Å²) in [6.45, 7) is 6.60. The maximum Gasteiger partial charge on any atom is 0.306 e. The van der Waals surface area contributed by atoms with Gasteiger partial charge in [0.15, 0.2) is 0 Å². The number of hydrogen-bond donors (Lipinski definition) is 1. The first kappa shape index (κ1) is 67.7. The fraction of sp³-hybridized carbons (Fsp3) is 0.672. The van der Waals surface area contributed by atoms with E-state index < -0.39 is 32.5 Å². The number of amides is 1. The van der Waals surface area contributed by atoms with Crippen molar-refractivity contribution in [3.8, 4) is 0 Å². The van der Waals surface area contributed by atoms with Gasteiger partial charge in [-0.3, -0.25) is 14.2 Å². The Balaban J connectivity index is 5.58. The molecule has 0 aliphatic rings. The van der Waals surface area contributed by atoms with E-state index in [4.69, 9.17) is 13.8 Å². The quantitative estimate of drug-likeness (QED) is 0.0212. The molecule has 0 spiro atoms. The topological polar surface area (TPSA) is 114 Å². The average Bonchev–Trinajstić information content (AvgIpc) is 3.33. The molecule has 0 radical (unpaired) electrons. The van der Waals surface area contributed by atoms with E-state index in [0.29, 0.717) is 23.9 Å². The molecule has 406 valence electrons. The standard InChI is InChI=1S/C61H105N2O7P/c1-7-10-13-16-19-22-25-28-29-30-31-32-33-36-39-42-45-48-51-54-61(65)70-59(52-49-46-43-40-37-34-26-23-20-17-14-11-8-2)58(57-69-71(66,67)68-56-55-63(4,5)6)62-60(64)53-50-47-44-41-38-35-27-24-21-18-15-12-9-3/h10,13,19,22,28-29,31-32,35-36,38-39,44-45,47-49,52,58-59H,7-9,11-12,14-18,20-21,23-27,30,33-34,37,40-43,46,50-51,53-57H2,1-6H3,(H-,62,64,66,67)/b13-10-,22-19-,29-28-,32-31-,38-35-,39-36-,47-44+,48-45-,52-49-. The minimum absolute atomic E-state index is 0.0479. The van der Waals surface area contributed by atoms with E-state index in [0.717, 1.165) is 70.6 Å². The zero-order valence-electron chi connectivity index (χ0n) is 46.1. The first-order valence-corrected chi connectivity index (χ1v) is 29.7. The zero-order chi connectivity index (χ0) is 52.2. The molecule has 0 aromatic carbocycles. The number of nitrogens with zero attached hydrogens (tertiary/aromatic N) is 1. The number of esters is 1. The zero-order valence-corrected chi connectivity index (χ0v) is 47.0. The SMILES string of the molecule is CC/C=C\C/C=C\C/C=C\C/C=C\C/C=C\C/C=C\CCC(=O)OC(/C=C\CCCCCCCCCCCCC)C(COP(=O)([O-])OCC[N+](C)(C)C)NC(=O)CC/C=C/C/C=C\CCCCCCCC. The van der Waals surface area contributed by atoms with Crippen LogP contribution in [0.15, 0.2) is 109 Å². The maximum atomic E-state index is 13.4. The van der Waals surface area contributed by atoms with Crippen LogP contribution in [0.3, 0.4) is 0 Å². The van der Waals surface area contributed by atoms with Crippen molar-refractivity contribution in [1.82, 2.24) is 5.32 Å². The molecule has 0 aromatic heterocycles. The maximum absolute atomic E-state index is 13.4. The second-order valence-corrected chi connectivity index (χ2v) is 21.1. The third kappa shape index (κ3) is 51.4. The van der Waals surface area contributed by atoms with Gasteiger partial charge in [-0.15, -0.1) is 0 Å². The van der Waals surface area contributed by atoms with Gasteiger partial charge in [-0.1, -0.05) is 220 Å².